The summed E-state index contributed by atoms with van der Waals surface area (Å²) < 4.78 is 52.8. The summed E-state index contributed by atoms with van der Waals surface area (Å²) in [5.41, 5.74) is 1.29. The third-order valence-electron chi connectivity index (χ3n) is 5.56. The van der Waals surface area contributed by atoms with Crippen LogP contribution in [0.15, 0.2) is 53.7 Å². The van der Waals surface area contributed by atoms with Crippen molar-refractivity contribution in [3.05, 3.63) is 70.1 Å². The monoisotopic (exact) mass is 505 g/mol. The average Bonchev–Trinajstić information content (AvgIpc) is 3.10. The molecule has 2 aliphatic rings. The fraction of sp³-hybridized carbons (Fsp3) is 0.261. The number of para-hydroxylation sites is 1. The van der Waals surface area contributed by atoms with Crippen LogP contribution in [0.1, 0.15) is 30.8 Å². The third-order valence-corrected chi connectivity index (χ3v) is 5.89. The molecule has 5 rings (SSSR count). The highest BCUT2D eigenvalue weighted by Crippen LogP contribution is 2.41. The molecule has 2 aliphatic heterocycles. The van der Waals surface area contributed by atoms with E-state index in [1.807, 2.05) is 0 Å². The van der Waals surface area contributed by atoms with Crippen molar-refractivity contribution in [2.24, 2.45) is 0 Å². The number of carbonyl (C=O) groups is 1. The number of allylic oxidation sites excluding steroid dienone is 1. The number of anilines is 2. The van der Waals surface area contributed by atoms with E-state index in [-0.39, 0.29) is 11.5 Å². The van der Waals surface area contributed by atoms with Gasteiger partial charge in [-0.05, 0) is 36.8 Å². The molecule has 3 aromatic rings. The molecule has 2 N–H and O–H groups in total. The quantitative estimate of drug-likeness (QED) is 0.518. The zero-order valence-corrected chi connectivity index (χ0v) is 19.1. The number of hydrogen-bond donors (Lipinski definition) is 2. The largest absolute Gasteiger partial charge is 0.490 e. The predicted octanol–water partition coefficient (Wildman–Crippen LogP) is 5.04. The Morgan fingerprint density at radius 3 is 2.66 bits per heavy atom. The second-order valence-corrected chi connectivity index (χ2v) is 8.37. The maximum absolute atomic E-state index is 13.5. The van der Waals surface area contributed by atoms with Crippen molar-refractivity contribution >= 4 is 29.1 Å². The standard InChI is InChI=1S/C23H19ClF3N5O3/c1-12-18(20(33)29-15-6-3-2-5-14(15)24)19(32-22(28-12)30-21(31-32)23(25,26)27)13-7-8-16-17(11-13)35-10-4-9-34-16/h2-3,5-8,11,19H,4,9-10H2,1H3,(H,29,33)(H,28,30,31). The van der Waals surface area contributed by atoms with Gasteiger partial charge in [-0.3, -0.25) is 4.79 Å². The molecule has 1 unspecified atom stereocenters. The molecule has 12 heteroatoms. The topological polar surface area (TPSA) is 90.3 Å². The van der Waals surface area contributed by atoms with E-state index in [9.17, 15) is 18.0 Å². The Labute approximate surface area is 202 Å². The van der Waals surface area contributed by atoms with E-state index in [4.69, 9.17) is 21.1 Å². The number of amides is 1. The molecule has 1 atom stereocenters. The van der Waals surface area contributed by atoms with Gasteiger partial charge in [-0.2, -0.15) is 18.2 Å². The van der Waals surface area contributed by atoms with Gasteiger partial charge in [-0.15, -0.1) is 5.10 Å². The summed E-state index contributed by atoms with van der Waals surface area (Å²) in [4.78, 5) is 17.1. The lowest BCUT2D eigenvalue weighted by Gasteiger charge is -2.29. The minimum absolute atomic E-state index is 0.138. The number of aromatic nitrogens is 3. The van der Waals surface area contributed by atoms with Gasteiger partial charge >= 0.3 is 6.18 Å². The Kier molecular flexibility index (Phi) is 5.79. The summed E-state index contributed by atoms with van der Waals surface area (Å²) >= 11 is 6.20. The van der Waals surface area contributed by atoms with Crippen LogP contribution in [-0.4, -0.2) is 33.9 Å². The van der Waals surface area contributed by atoms with E-state index in [1.165, 1.54) is 0 Å². The molecule has 0 radical (unpaired) electrons. The predicted molar refractivity (Wildman–Crippen MR) is 122 cm³/mol. The third kappa shape index (κ3) is 4.39. The fourth-order valence-corrected chi connectivity index (χ4v) is 4.16. The fourth-order valence-electron chi connectivity index (χ4n) is 3.98. The molecular formula is C23H19ClF3N5O3. The normalized spacial score (nSPS) is 17.3. The summed E-state index contributed by atoms with van der Waals surface area (Å²) in [6, 6.07) is 10.6. The smallest absolute Gasteiger partial charge is 0.453 e. The summed E-state index contributed by atoms with van der Waals surface area (Å²) in [5.74, 6) is -1.08. The molecule has 0 saturated heterocycles. The molecule has 1 aromatic heterocycles. The first kappa shape index (κ1) is 23.0. The van der Waals surface area contributed by atoms with Crippen molar-refractivity contribution in [3.63, 3.8) is 0 Å². The summed E-state index contributed by atoms with van der Waals surface area (Å²) in [6.07, 6.45) is -4.08. The molecule has 1 amide bonds. The summed E-state index contributed by atoms with van der Waals surface area (Å²) in [5, 5.41) is 9.54. The van der Waals surface area contributed by atoms with Crippen molar-refractivity contribution in [1.82, 2.24) is 14.8 Å². The lowest BCUT2D eigenvalue weighted by atomic mass is 9.94. The van der Waals surface area contributed by atoms with Crippen LogP contribution in [0.25, 0.3) is 0 Å². The van der Waals surface area contributed by atoms with Gasteiger partial charge in [0.25, 0.3) is 11.7 Å². The molecule has 2 aromatic carbocycles. The lowest BCUT2D eigenvalue weighted by molar-refractivity contribution is -0.145. The zero-order valence-electron chi connectivity index (χ0n) is 18.3. The maximum atomic E-state index is 13.5. The van der Waals surface area contributed by atoms with Gasteiger partial charge in [0.1, 0.15) is 6.04 Å². The Bertz CT molecular complexity index is 1340. The highest BCUT2D eigenvalue weighted by molar-refractivity contribution is 6.33. The number of carbonyl (C=O) groups excluding carboxylic acids is 1. The maximum Gasteiger partial charge on any atom is 0.453 e. The van der Waals surface area contributed by atoms with Gasteiger partial charge in [0.2, 0.25) is 5.95 Å². The minimum Gasteiger partial charge on any atom is -0.490 e. The van der Waals surface area contributed by atoms with Crippen LogP contribution in [-0.2, 0) is 11.0 Å². The van der Waals surface area contributed by atoms with Gasteiger partial charge in [0.15, 0.2) is 11.5 Å². The van der Waals surface area contributed by atoms with Crippen molar-refractivity contribution in [2.75, 3.05) is 23.8 Å². The number of benzene rings is 2. The van der Waals surface area contributed by atoms with Crippen LogP contribution in [0.2, 0.25) is 5.02 Å². The number of rotatable bonds is 3. The number of alkyl halides is 3. The highest BCUT2D eigenvalue weighted by atomic mass is 35.5. The van der Waals surface area contributed by atoms with Crippen LogP contribution >= 0.6 is 11.6 Å². The molecule has 0 aliphatic carbocycles. The Morgan fingerprint density at radius 1 is 1.17 bits per heavy atom. The second-order valence-electron chi connectivity index (χ2n) is 7.96. The number of ether oxygens (including phenoxy) is 2. The highest BCUT2D eigenvalue weighted by Gasteiger charge is 2.41. The van der Waals surface area contributed by atoms with Gasteiger partial charge in [0, 0.05) is 12.1 Å². The Morgan fingerprint density at radius 2 is 1.91 bits per heavy atom. The minimum atomic E-state index is -4.77. The van der Waals surface area contributed by atoms with Crippen molar-refractivity contribution in [1.29, 1.82) is 0 Å². The molecule has 0 saturated carbocycles. The van der Waals surface area contributed by atoms with Crippen molar-refractivity contribution in [3.8, 4) is 11.5 Å². The molecule has 35 heavy (non-hydrogen) atoms. The number of halogens is 4. The molecule has 8 nitrogen and oxygen atoms in total. The first-order valence-electron chi connectivity index (χ1n) is 10.7. The molecule has 0 fully saturated rings. The summed E-state index contributed by atoms with van der Waals surface area (Å²) in [7, 11) is 0. The van der Waals surface area contributed by atoms with Gasteiger partial charge < -0.3 is 20.1 Å². The van der Waals surface area contributed by atoms with Crippen LogP contribution in [0.3, 0.4) is 0 Å². The van der Waals surface area contributed by atoms with Crippen LogP contribution in [0, 0.1) is 0 Å². The zero-order chi connectivity index (χ0) is 24.7. The number of nitrogens with zero attached hydrogens (tertiary/aromatic N) is 3. The SMILES string of the molecule is CC1=C(C(=O)Nc2ccccc2Cl)C(c2ccc3c(c2)OCCCO3)n2nc(C(F)(F)F)nc2N1. The molecule has 0 bridgehead atoms. The van der Waals surface area contributed by atoms with Gasteiger partial charge in [-0.25, -0.2) is 4.68 Å². The molecule has 182 valence electrons. The van der Waals surface area contributed by atoms with E-state index in [1.54, 1.807) is 49.4 Å². The first-order chi connectivity index (χ1) is 16.7. The van der Waals surface area contributed by atoms with E-state index in [2.05, 4.69) is 20.7 Å². The Hall–Kier alpha value is -3.73. The number of fused-ring (bicyclic) bond motifs is 2. The second kappa shape index (κ2) is 8.81. The van der Waals surface area contributed by atoms with Crippen LogP contribution in [0.4, 0.5) is 24.8 Å². The van der Waals surface area contributed by atoms with E-state index in [0.717, 1.165) is 4.68 Å². The molecular weight excluding hydrogens is 487 g/mol. The van der Waals surface area contributed by atoms with Gasteiger partial charge in [-0.1, -0.05) is 29.8 Å². The first-order valence-corrected chi connectivity index (χ1v) is 11.1. The van der Waals surface area contributed by atoms with Crippen molar-refractivity contribution in [2.45, 2.75) is 25.6 Å². The van der Waals surface area contributed by atoms with Gasteiger partial charge in [0.05, 0.1) is 29.5 Å². The van der Waals surface area contributed by atoms with E-state index >= 15 is 0 Å². The number of nitrogens with one attached hydrogen (secondary N) is 2. The molecule has 3 heterocycles. The number of hydrogen-bond acceptors (Lipinski definition) is 6. The Balaban J connectivity index is 1.62. The van der Waals surface area contributed by atoms with Crippen molar-refractivity contribution < 1.29 is 27.4 Å². The van der Waals surface area contributed by atoms with Crippen LogP contribution < -0.4 is 20.1 Å². The van der Waals surface area contributed by atoms with E-state index < -0.39 is 23.9 Å². The van der Waals surface area contributed by atoms with Crippen LogP contribution in [0.5, 0.6) is 11.5 Å². The van der Waals surface area contributed by atoms with E-state index in [0.29, 0.717) is 53.1 Å². The molecule has 0 spiro atoms. The lowest BCUT2D eigenvalue weighted by Crippen LogP contribution is -2.31. The summed E-state index contributed by atoms with van der Waals surface area (Å²) in [6.45, 7) is 2.49. The average molecular weight is 506 g/mol.